The highest BCUT2D eigenvalue weighted by atomic mass is 32.2. The number of ether oxygens (including phenoxy) is 2. The number of rotatable bonds is 11. The number of carbonyl (C=O) groups is 2. The molecule has 1 aliphatic rings. The molecule has 1 aliphatic heterocycles. The smallest absolute Gasteiger partial charge is 0.243 e. The van der Waals surface area contributed by atoms with Gasteiger partial charge in [-0.2, -0.15) is 4.31 Å². The van der Waals surface area contributed by atoms with E-state index in [2.05, 4.69) is 10.6 Å². The van der Waals surface area contributed by atoms with E-state index in [9.17, 15) is 18.0 Å². The van der Waals surface area contributed by atoms with Crippen LogP contribution in [-0.2, 0) is 29.1 Å². The lowest BCUT2D eigenvalue weighted by molar-refractivity contribution is -0.123. The van der Waals surface area contributed by atoms with Crippen LogP contribution in [0.15, 0.2) is 29.2 Å². The van der Waals surface area contributed by atoms with Gasteiger partial charge in [-0.3, -0.25) is 14.5 Å². The minimum absolute atomic E-state index is 0.0271. The number of nitrogens with one attached hydrogen (secondary N) is 2. The van der Waals surface area contributed by atoms with Gasteiger partial charge in [0.1, 0.15) is 0 Å². The van der Waals surface area contributed by atoms with Crippen molar-refractivity contribution in [2.24, 2.45) is 0 Å². The van der Waals surface area contributed by atoms with Crippen molar-refractivity contribution in [2.45, 2.75) is 11.3 Å². The molecule has 1 heterocycles. The van der Waals surface area contributed by atoms with Crippen LogP contribution in [0.3, 0.4) is 0 Å². The molecule has 1 fully saturated rings. The van der Waals surface area contributed by atoms with Crippen LogP contribution in [0.1, 0.15) is 6.42 Å². The van der Waals surface area contributed by atoms with Gasteiger partial charge in [-0.15, -0.1) is 0 Å². The molecule has 0 aromatic heterocycles. The monoisotopic (exact) mass is 442 g/mol. The van der Waals surface area contributed by atoms with Gasteiger partial charge in [0.05, 0.1) is 31.2 Å². The second-order valence-corrected chi connectivity index (χ2v) is 8.90. The van der Waals surface area contributed by atoms with Crippen LogP contribution in [0.2, 0.25) is 0 Å². The van der Waals surface area contributed by atoms with Gasteiger partial charge in [0.15, 0.2) is 0 Å². The van der Waals surface area contributed by atoms with Crippen LogP contribution in [0.5, 0.6) is 0 Å². The van der Waals surface area contributed by atoms with Gasteiger partial charge in [-0.05, 0) is 37.7 Å². The number of sulfonamides is 1. The minimum atomic E-state index is -3.57. The molecule has 30 heavy (non-hydrogen) atoms. The zero-order chi connectivity index (χ0) is 22.0. The Balaban J connectivity index is 1.80. The zero-order valence-electron chi connectivity index (χ0n) is 17.4. The molecule has 2 amide bonds. The third-order valence-electron chi connectivity index (χ3n) is 4.42. The van der Waals surface area contributed by atoms with Gasteiger partial charge in [0, 0.05) is 39.0 Å². The van der Waals surface area contributed by atoms with Crippen molar-refractivity contribution in [1.82, 2.24) is 14.5 Å². The molecule has 168 valence electrons. The van der Waals surface area contributed by atoms with Gasteiger partial charge in [-0.25, -0.2) is 8.42 Å². The molecule has 1 saturated heterocycles. The second kappa shape index (κ2) is 12.0. The highest BCUT2D eigenvalue weighted by molar-refractivity contribution is 7.89. The zero-order valence-corrected chi connectivity index (χ0v) is 18.2. The number of morpholine rings is 1. The molecule has 2 N–H and O–H groups in total. The van der Waals surface area contributed by atoms with E-state index < -0.39 is 10.0 Å². The number of carbonyl (C=O) groups excluding carboxylic acids is 2. The van der Waals surface area contributed by atoms with Crippen molar-refractivity contribution >= 4 is 27.5 Å². The van der Waals surface area contributed by atoms with Crippen LogP contribution in [0, 0.1) is 0 Å². The number of methoxy groups -OCH3 is 1. The highest BCUT2D eigenvalue weighted by Gasteiger charge is 2.26. The van der Waals surface area contributed by atoms with Gasteiger partial charge in [0.25, 0.3) is 0 Å². The molecule has 11 heteroatoms. The number of hydrogen-bond acceptors (Lipinski definition) is 7. The van der Waals surface area contributed by atoms with Crippen LogP contribution < -0.4 is 10.6 Å². The first kappa shape index (κ1) is 24.2. The van der Waals surface area contributed by atoms with Gasteiger partial charge in [0.2, 0.25) is 21.8 Å². The van der Waals surface area contributed by atoms with Gasteiger partial charge in [-0.1, -0.05) is 0 Å². The number of nitrogens with zero attached hydrogens (tertiary/aromatic N) is 2. The van der Waals surface area contributed by atoms with E-state index in [-0.39, 0.29) is 29.8 Å². The second-order valence-electron chi connectivity index (χ2n) is 6.96. The molecule has 2 rings (SSSR count). The molecule has 0 unspecified atom stereocenters. The van der Waals surface area contributed by atoms with E-state index in [0.717, 1.165) is 6.42 Å². The molecule has 10 nitrogen and oxygen atoms in total. The Morgan fingerprint density at radius 2 is 1.77 bits per heavy atom. The Hall–Kier alpha value is -2.05. The summed E-state index contributed by atoms with van der Waals surface area (Å²) in [7, 11) is -0.296. The number of benzene rings is 1. The minimum Gasteiger partial charge on any atom is -0.385 e. The fourth-order valence-corrected chi connectivity index (χ4v) is 4.30. The number of amides is 2. The Bertz CT molecular complexity index is 794. The van der Waals surface area contributed by atoms with Crippen molar-refractivity contribution in [3.63, 3.8) is 0 Å². The molecule has 0 atom stereocenters. The van der Waals surface area contributed by atoms with Crippen molar-refractivity contribution in [3.8, 4) is 0 Å². The van der Waals surface area contributed by atoms with E-state index in [1.165, 1.54) is 16.4 Å². The molecule has 0 aliphatic carbocycles. The van der Waals surface area contributed by atoms with Gasteiger partial charge < -0.3 is 20.1 Å². The van der Waals surface area contributed by atoms with E-state index in [1.807, 2.05) is 0 Å². The Labute approximate surface area is 177 Å². The van der Waals surface area contributed by atoms with Crippen LogP contribution in [-0.4, -0.2) is 96.1 Å². The average molecular weight is 443 g/mol. The van der Waals surface area contributed by atoms with Crippen LogP contribution in [0.25, 0.3) is 0 Å². The van der Waals surface area contributed by atoms with E-state index in [1.54, 1.807) is 31.2 Å². The predicted molar refractivity (Wildman–Crippen MR) is 112 cm³/mol. The summed E-state index contributed by atoms with van der Waals surface area (Å²) in [5.41, 5.74) is 0.485. The van der Waals surface area contributed by atoms with Crippen molar-refractivity contribution in [1.29, 1.82) is 0 Å². The van der Waals surface area contributed by atoms with Crippen molar-refractivity contribution in [3.05, 3.63) is 24.3 Å². The lowest BCUT2D eigenvalue weighted by Crippen LogP contribution is -2.40. The summed E-state index contributed by atoms with van der Waals surface area (Å²) in [4.78, 5) is 25.8. The lowest BCUT2D eigenvalue weighted by Gasteiger charge is -2.26. The third kappa shape index (κ3) is 7.65. The van der Waals surface area contributed by atoms with E-state index in [4.69, 9.17) is 9.47 Å². The Kier molecular flexibility index (Phi) is 9.66. The topological polar surface area (TPSA) is 117 Å². The quantitative estimate of drug-likeness (QED) is 0.453. The molecular formula is C19H30N4O6S. The normalized spacial score (nSPS) is 15.2. The first-order valence-electron chi connectivity index (χ1n) is 9.75. The first-order valence-corrected chi connectivity index (χ1v) is 11.2. The summed E-state index contributed by atoms with van der Waals surface area (Å²) >= 11 is 0. The Morgan fingerprint density at radius 3 is 2.40 bits per heavy atom. The van der Waals surface area contributed by atoms with Crippen molar-refractivity contribution < 1.29 is 27.5 Å². The van der Waals surface area contributed by atoms with E-state index >= 15 is 0 Å². The fourth-order valence-electron chi connectivity index (χ4n) is 2.89. The van der Waals surface area contributed by atoms with Crippen molar-refractivity contribution in [2.75, 3.05) is 72.0 Å². The molecule has 0 saturated carbocycles. The summed E-state index contributed by atoms with van der Waals surface area (Å²) in [5.74, 6) is -0.465. The third-order valence-corrected chi connectivity index (χ3v) is 6.33. The molecule has 0 bridgehead atoms. The molecular weight excluding hydrogens is 412 g/mol. The summed E-state index contributed by atoms with van der Waals surface area (Å²) in [6, 6.07) is 6.04. The highest BCUT2D eigenvalue weighted by Crippen LogP contribution is 2.19. The Morgan fingerprint density at radius 1 is 1.13 bits per heavy atom. The number of likely N-dealkylation sites (N-methyl/N-ethyl adjacent to an activating group) is 1. The summed E-state index contributed by atoms with van der Waals surface area (Å²) in [5, 5.41) is 5.46. The predicted octanol–water partition coefficient (Wildman–Crippen LogP) is -0.269. The SMILES string of the molecule is COCCCNC(=O)CN(C)CC(=O)Nc1ccc(S(=O)(=O)N2CCOCC2)cc1. The maximum absolute atomic E-state index is 12.6. The molecule has 1 aromatic rings. The molecule has 1 aromatic carbocycles. The standard InChI is InChI=1S/C19H30N4O6S/c1-22(14-18(24)20-8-3-11-28-2)15-19(25)21-16-4-6-17(7-5-16)30(26,27)23-9-12-29-13-10-23/h4-7H,3,8-15H2,1-2H3,(H,20,24)(H,21,25). The summed E-state index contributed by atoms with van der Waals surface area (Å²) < 4.78 is 36.7. The first-order chi connectivity index (χ1) is 14.3. The maximum Gasteiger partial charge on any atom is 0.243 e. The average Bonchev–Trinajstić information content (AvgIpc) is 2.72. The largest absolute Gasteiger partial charge is 0.385 e. The number of anilines is 1. The van der Waals surface area contributed by atoms with E-state index in [0.29, 0.717) is 45.1 Å². The lowest BCUT2D eigenvalue weighted by atomic mass is 10.3. The van der Waals surface area contributed by atoms with Crippen LogP contribution in [0.4, 0.5) is 5.69 Å². The molecule has 0 radical (unpaired) electrons. The maximum atomic E-state index is 12.6. The van der Waals surface area contributed by atoms with Gasteiger partial charge >= 0.3 is 0 Å². The fraction of sp³-hybridized carbons (Fsp3) is 0.579. The summed E-state index contributed by atoms with van der Waals surface area (Å²) in [6.07, 6.45) is 0.726. The summed E-state index contributed by atoms with van der Waals surface area (Å²) in [6.45, 7) is 2.63. The molecule has 0 spiro atoms. The number of hydrogen-bond donors (Lipinski definition) is 2. The van der Waals surface area contributed by atoms with Crippen LogP contribution >= 0.6 is 0 Å².